The van der Waals surface area contributed by atoms with Crippen molar-refractivity contribution >= 4 is 5.97 Å². The van der Waals surface area contributed by atoms with Crippen LogP contribution in [0.15, 0.2) is 54.6 Å². The largest absolute Gasteiger partial charge is 1.00 e. The van der Waals surface area contributed by atoms with Gasteiger partial charge in [0.05, 0.1) is 16.9 Å². The third kappa shape index (κ3) is 6.70. The van der Waals surface area contributed by atoms with Gasteiger partial charge < -0.3 is 9.84 Å². The molecule has 2 aromatic carbocycles. The maximum atomic E-state index is 12.0. The Morgan fingerprint density at radius 1 is 1.05 bits per heavy atom. The van der Waals surface area contributed by atoms with Crippen molar-refractivity contribution in [3.05, 3.63) is 72.8 Å². The smallest absolute Gasteiger partial charge is 0.665 e. The van der Waals surface area contributed by atoms with Crippen molar-refractivity contribution in [2.24, 2.45) is 0 Å². The summed E-state index contributed by atoms with van der Waals surface area (Å²) >= 11 is 0. The third-order valence-electron chi connectivity index (χ3n) is 2.35. The predicted molar refractivity (Wildman–Crippen MR) is 70.8 cm³/mol. The van der Waals surface area contributed by atoms with Crippen molar-refractivity contribution in [1.29, 1.82) is 0 Å². The van der Waals surface area contributed by atoms with Crippen LogP contribution in [-0.2, 0) is 6.18 Å². The van der Waals surface area contributed by atoms with E-state index in [1.165, 1.54) is 0 Å². The summed E-state index contributed by atoms with van der Waals surface area (Å²) in [5.41, 5.74) is -1.32. The molecule has 2 aromatic rings. The Hall–Kier alpha value is -1.90. The number of rotatable bonds is 2. The number of alkyl halides is 3. The first-order valence-electron chi connectivity index (χ1n) is 5.72. The number of carboxylic acids is 1. The van der Waals surface area contributed by atoms with Crippen LogP contribution in [0.4, 0.5) is 13.2 Å². The number of para-hydroxylation sites is 1. The van der Waals surface area contributed by atoms with Crippen LogP contribution in [0.25, 0.3) is 0 Å². The van der Waals surface area contributed by atoms with Crippen molar-refractivity contribution in [1.82, 2.24) is 0 Å². The Bertz CT molecular complexity index is 586. The summed E-state index contributed by atoms with van der Waals surface area (Å²) < 4.78 is 40.8. The molecule has 0 spiro atoms. The van der Waals surface area contributed by atoms with E-state index in [1.54, 1.807) is 0 Å². The molecule has 3 nitrogen and oxygen atoms in total. The molecule has 0 aliphatic heterocycles. The number of carboxylic acid groups (broad SMARTS) is 1. The van der Waals surface area contributed by atoms with Crippen LogP contribution >= 0.6 is 0 Å². The second-order valence-electron chi connectivity index (χ2n) is 3.84. The minimum atomic E-state index is -4.49. The number of hydrogen-bond acceptors (Lipinski definition) is 2. The van der Waals surface area contributed by atoms with E-state index >= 15 is 0 Å². The van der Waals surface area contributed by atoms with E-state index in [4.69, 9.17) is 5.11 Å². The Labute approximate surface area is 137 Å². The van der Waals surface area contributed by atoms with E-state index in [0.717, 1.165) is 23.9 Å². The Morgan fingerprint density at radius 2 is 1.64 bits per heavy atom. The Kier molecular flexibility index (Phi) is 8.39. The maximum Gasteiger partial charge on any atom is 1.00 e. The molecule has 112 valence electrons. The molecule has 0 atom stereocenters. The predicted octanol–water partition coefficient (Wildman–Crippen LogP) is 1.26. The molecule has 0 saturated carbocycles. The molecule has 0 fully saturated rings. The van der Waals surface area contributed by atoms with Gasteiger partial charge in [0.1, 0.15) is 0 Å². The summed E-state index contributed by atoms with van der Waals surface area (Å²) in [5.74, 6) is -0.571. The minimum Gasteiger partial charge on any atom is -0.665 e. The fourth-order valence-corrected chi connectivity index (χ4v) is 1.35. The van der Waals surface area contributed by atoms with E-state index in [-0.39, 0.29) is 24.4 Å². The molecule has 7 heteroatoms. The number of aromatic carboxylic acids is 1. The van der Waals surface area contributed by atoms with E-state index < -0.39 is 17.7 Å². The average molecular weight is 304 g/mol. The van der Waals surface area contributed by atoms with Crippen LogP contribution in [0.1, 0.15) is 15.9 Å². The first-order chi connectivity index (χ1) is 9.84. The molecule has 2 rings (SSSR count). The molecule has 0 unspecified atom stereocenters. The van der Waals surface area contributed by atoms with E-state index in [2.05, 4.69) is 11.8 Å². The van der Waals surface area contributed by atoms with Crippen molar-refractivity contribution in [3.8, 4) is 5.75 Å². The monoisotopic (exact) mass is 304 g/mol. The van der Waals surface area contributed by atoms with Crippen LogP contribution in [0, 0.1) is 7.11 Å². The van der Waals surface area contributed by atoms with Gasteiger partial charge in [-0.2, -0.15) is 20.3 Å². The SMILES string of the molecule is O=C(O)c1cccc(C(F)(F)F)c1.[CH2-]Oc1ccccc1.[Li+]. The van der Waals surface area contributed by atoms with Crippen molar-refractivity contribution in [3.63, 3.8) is 0 Å². The fraction of sp³-hybridized carbons (Fsp3) is 0.0667. The van der Waals surface area contributed by atoms with E-state index in [0.29, 0.717) is 6.07 Å². The van der Waals surface area contributed by atoms with Gasteiger partial charge >= 0.3 is 31.0 Å². The van der Waals surface area contributed by atoms with E-state index in [9.17, 15) is 18.0 Å². The summed E-state index contributed by atoms with van der Waals surface area (Å²) in [6.07, 6.45) is -4.49. The summed E-state index contributed by atoms with van der Waals surface area (Å²) in [6.45, 7) is 0. The summed E-state index contributed by atoms with van der Waals surface area (Å²) in [4.78, 5) is 10.3. The molecular weight excluding hydrogens is 292 g/mol. The Morgan fingerprint density at radius 3 is 2.05 bits per heavy atom. The number of carbonyl (C=O) groups is 1. The van der Waals surface area contributed by atoms with Crippen molar-refractivity contribution in [2.45, 2.75) is 6.18 Å². The summed E-state index contributed by atoms with van der Waals surface area (Å²) in [6, 6.07) is 13.0. The second-order valence-corrected chi connectivity index (χ2v) is 3.84. The van der Waals surface area contributed by atoms with Gasteiger partial charge in [-0.25, -0.2) is 4.79 Å². The number of halogens is 3. The van der Waals surface area contributed by atoms with Crippen LogP contribution in [0.2, 0.25) is 0 Å². The first-order valence-corrected chi connectivity index (χ1v) is 5.72. The normalized spacial score (nSPS) is 9.82. The standard InChI is InChI=1S/C8H5F3O2.C7H7O.Li/c9-8(10,11)6-3-1-2-5(4-6)7(12)13;1-8-7-5-3-2-4-6-7;/h1-4H,(H,12,13);2-6H,1H2;/q;-1;+1. The second kappa shape index (κ2) is 9.18. The molecule has 1 N–H and O–H groups in total. The van der Waals surface area contributed by atoms with Crippen LogP contribution in [0.3, 0.4) is 0 Å². The van der Waals surface area contributed by atoms with Gasteiger partial charge in [-0.15, -0.1) is 0 Å². The average Bonchev–Trinajstić information content (AvgIpc) is 2.48. The molecule has 0 bridgehead atoms. The summed E-state index contributed by atoms with van der Waals surface area (Å²) in [7, 11) is 3.26. The number of ether oxygens (including phenoxy) is 1. The van der Waals surface area contributed by atoms with Gasteiger partial charge in [0.25, 0.3) is 0 Å². The van der Waals surface area contributed by atoms with Crippen LogP contribution in [-0.4, -0.2) is 11.1 Å². The molecule has 0 amide bonds. The fourth-order valence-electron chi connectivity index (χ4n) is 1.35. The maximum absolute atomic E-state index is 12.0. The Balaban J connectivity index is 0.000000423. The summed E-state index contributed by atoms with van der Waals surface area (Å²) in [5, 5.41) is 8.41. The van der Waals surface area contributed by atoms with Gasteiger partial charge in [0, 0.05) is 0 Å². The van der Waals surface area contributed by atoms with Gasteiger partial charge in [0.2, 0.25) is 0 Å². The minimum absolute atomic E-state index is 0. The first kappa shape index (κ1) is 20.1. The van der Waals surface area contributed by atoms with Gasteiger partial charge in [-0.3, -0.25) is 0 Å². The van der Waals surface area contributed by atoms with Gasteiger partial charge in [-0.1, -0.05) is 24.3 Å². The van der Waals surface area contributed by atoms with Crippen molar-refractivity contribution in [2.75, 3.05) is 0 Å². The molecule has 0 saturated heterocycles. The zero-order chi connectivity index (χ0) is 15.9. The third-order valence-corrected chi connectivity index (χ3v) is 2.35. The zero-order valence-corrected chi connectivity index (χ0v) is 11.8. The van der Waals surface area contributed by atoms with Crippen LogP contribution < -0.4 is 23.6 Å². The van der Waals surface area contributed by atoms with Gasteiger partial charge in [0.15, 0.2) is 0 Å². The molecule has 0 aliphatic rings. The van der Waals surface area contributed by atoms with E-state index in [1.807, 2.05) is 30.3 Å². The molecule has 0 aromatic heterocycles. The van der Waals surface area contributed by atoms with Gasteiger partial charge in [-0.05, 0) is 30.3 Å². The molecular formula is C15H12F3LiO3. The molecule has 0 radical (unpaired) electrons. The van der Waals surface area contributed by atoms with Crippen LogP contribution in [0.5, 0.6) is 5.75 Å². The quantitative estimate of drug-likeness (QED) is 0.671. The number of benzene rings is 2. The molecule has 0 heterocycles. The topological polar surface area (TPSA) is 46.5 Å². The molecule has 22 heavy (non-hydrogen) atoms. The molecule has 0 aliphatic carbocycles. The zero-order valence-electron chi connectivity index (χ0n) is 11.8. The number of hydrogen-bond donors (Lipinski definition) is 1. The van der Waals surface area contributed by atoms with Crippen molar-refractivity contribution < 1.29 is 46.7 Å².